The predicted molar refractivity (Wildman–Crippen MR) is 83.4 cm³/mol. The summed E-state index contributed by atoms with van der Waals surface area (Å²) in [5, 5.41) is 4.15. The van der Waals surface area contributed by atoms with Crippen LogP contribution in [0.4, 0.5) is 0 Å². The molecule has 0 aliphatic carbocycles. The molecule has 0 aromatic rings. The van der Waals surface area contributed by atoms with Crippen LogP contribution in [-0.4, -0.2) is 55.3 Å². The number of nitrogens with zero attached hydrogens (tertiary/aromatic N) is 2. The molecule has 0 bridgehead atoms. The van der Waals surface area contributed by atoms with Gasteiger partial charge in [-0.1, -0.05) is 17.9 Å². The van der Waals surface area contributed by atoms with Crippen molar-refractivity contribution in [3.8, 4) is 0 Å². The maximum Gasteiger partial charge on any atom is 0.262 e. The molecule has 1 aliphatic heterocycles. The van der Waals surface area contributed by atoms with Crippen molar-refractivity contribution in [2.45, 2.75) is 18.9 Å². The van der Waals surface area contributed by atoms with Crippen LogP contribution in [0.5, 0.6) is 0 Å². The molecule has 1 fully saturated rings. The van der Waals surface area contributed by atoms with Gasteiger partial charge in [-0.25, -0.2) is 5.06 Å². The molecule has 6 nitrogen and oxygen atoms in total. The number of hydrogen-bond donors (Lipinski definition) is 1. The first-order chi connectivity index (χ1) is 8.92. The lowest BCUT2D eigenvalue weighted by Crippen LogP contribution is -2.44. The fraction of sp³-hybridized carbons (Fsp3) is 0.800. The quantitative estimate of drug-likeness (QED) is 0.580. The highest BCUT2D eigenvalue weighted by atomic mass is 32.4. The third kappa shape index (κ3) is 4.31. The van der Waals surface area contributed by atoms with Crippen molar-refractivity contribution in [2.24, 2.45) is 5.92 Å². The van der Waals surface area contributed by atoms with E-state index in [-0.39, 0.29) is 23.8 Å². The third-order valence-corrected chi connectivity index (χ3v) is 5.95. The normalized spacial score (nSPS) is 21.1. The Labute approximate surface area is 119 Å². The van der Waals surface area contributed by atoms with E-state index in [1.165, 1.54) is 12.2 Å². The number of nitrogens with one attached hydrogen (secondary N) is 1. The zero-order valence-electron chi connectivity index (χ0n) is 11.5. The fourth-order valence-electron chi connectivity index (χ4n) is 2.11. The lowest BCUT2D eigenvalue weighted by atomic mass is 9.98. The maximum atomic E-state index is 12.2. The van der Waals surface area contributed by atoms with Crippen LogP contribution < -0.4 is 5.32 Å². The highest BCUT2D eigenvalue weighted by molar-refractivity contribution is 8.42. The van der Waals surface area contributed by atoms with Crippen LogP contribution in [0, 0.1) is 5.92 Å². The Kier molecular flexibility index (Phi) is 7.07. The van der Waals surface area contributed by atoms with Gasteiger partial charge in [0, 0.05) is 27.0 Å². The molecule has 0 aromatic carbocycles. The van der Waals surface area contributed by atoms with Gasteiger partial charge in [0.15, 0.2) is 0 Å². The van der Waals surface area contributed by atoms with Crippen LogP contribution in [0.15, 0.2) is 0 Å². The van der Waals surface area contributed by atoms with E-state index in [1.807, 2.05) is 4.67 Å². The first-order valence-corrected chi connectivity index (χ1v) is 10.5. The largest absolute Gasteiger partial charge is 0.315 e. The fourth-order valence-corrected chi connectivity index (χ4v) is 4.22. The molecule has 1 aliphatic rings. The van der Waals surface area contributed by atoms with Crippen LogP contribution in [0.2, 0.25) is 0 Å². The van der Waals surface area contributed by atoms with Gasteiger partial charge in [-0.05, 0) is 19.9 Å². The van der Waals surface area contributed by atoms with Gasteiger partial charge < -0.3 is 9.99 Å². The lowest BCUT2D eigenvalue weighted by Gasteiger charge is -2.24. The van der Waals surface area contributed by atoms with Crippen molar-refractivity contribution in [3.63, 3.8) is 0 Å². The Hall–Kier alpha value is 0.150. The average Bonchev–Trinajstić information content (AvgIpc) is 2.75. The van der Waals surface area contributed by atoms with Gasteiger partial charge in [-0.2, -0.15) is 0 Å². The summed E-state index contributed by atoms with van der Waals surface area (Å²) in [4.78, 5) is 29.1. The van der Waals surface area contributed by atoms with Gasteiger partial charge in [0.2, 0.25) is 5.91 Å². The molecular formula is C10H22N3O3P3. The minimum absolute atomic E-state index is 0.0854. The number of hydroxylamine groups is 2. The number of carbonyl (C=O) groups is 2. The predicted octanol–water partition coefficient (Wildman–Crippen LogP) is 0.810. The summed E-state index contributed by atoms with van der Waals surface area (Å²) >= 11 is 0. The topological polar surface area (TPSA) is 61.9 Å². The number of likely N-dealkylation sites (N-methyl/N-ethyl adjacent to an activating group) is 2. The Morgan fingerprint density at radius 2 is 2.32 bits per heavy atom. The molecule has 0 aromatic heterocycles. The molecule has 110 valence electrons. The number of carbonyl (C=O) groups excluding carboxylic acids is 2. The molecule has 9 heteroatoms. The second-order valence-corrected chi connectivity index (χ2v) is 10.6. The van der Waals surface area contributed by atoms with E-state index < -0.39 is 7.45 Å². The van der Waals surface area contributed by atoms with Crippen molar-refractivity contribution in [3.05, 3.63) is 0 Å². The van der Waals surface area contributed by atoms with E-state index in [0.717, 1.165) is 13.0 Å². The number of hydrogen-bond acceptors (Lipinski definition) is 4. The molecule has 4 atom stereocenters. The zero-order chi connectivity index (χ0) is 14.6. The molecule has 1 saturated heterocycles. The van der Waals surface area contributed by atoms with E-state index >= 15 is 0 Å². The van der Waals surface area contributed by atoms with Gasteiger partial charge in [0.1, 0.15) is 0 Å². The number of rotatable bonds is 6. The molecule has 1 heterocycles. The van der Waals surface area contributed by atoms with Crippen molar-refractivity contribution in [2.75, 3.05) is 27.7 Å². The monoisotopic (exact) mass is 325 g/mol. The second-order valence-electron chi connectivity index (χ2n) is 4.42. The molecular weight excluding hydrogens is 303 g/mol. The Morgan fingerprint density at radius 1 is 1.68 bits per heavy atom. The van der Waals surface area contributed by atoms with E-state index in [2.05, 4.69) is 23.2 Å². The zero-order valence-corrected chi connectivity index (χ0v) is 14.7. The van der Waals surface area contributed by atoms with Crippen molar-refractivity contribution < 1.29 is 14.4 Å². The molecule has 0 spiro atoms. The molecule has 2 amide bonds. The smallest absolute Gasteiger partial charge is 0.262 e. The third-order valence-electron chi connectivity index (χ3n) is 3.32. The standard InChI is InChI=1S/C10H22N3O3P3/c1-11-8(10(15)12(2)16-3)6-7-4-5-13(9(7)14)19(17)18/h7-8,11H,4-6,17-18H2,1-3H3. The molecule has 1 N–H and O–H groups in total. The lowest BCUT2D eigenvalue weighted by molar-refractivity contribution is -0.171. The van der Waals surface area contributed by atoms with E-state index in [1.54, 1.807) is 14.1 Å². The summed E-state index contributed by atoms with van der Waals surface area (Å²) in [5.41, 5.74) is 0. The molecule has 19 heavy (non-hydrogen) atoms. The average molecular weight is 325 g/mol. The van der Waals surface area contributed by atoms with Crippen LogP contribution in [0.25, 0.3) is 0 Å². The van der Waals surface area contributed by atoms with Crippen LogP contribution in [0.3, 0.4) is 0 Å². The SMILES string of the molecule is CNC(CC1CCN(P(P)P)C1=O)C(=O)N(C)OC. The van der Waals surface area contributed by atoms with Gasteiger partial charge in [0.05, 0.1) is 13.2 Å². The molecule has 1 rings (SSSR count). The van der Waals surface area contributed by atoms with Crippen LogP contribution in [-0.2, 0) is 14.4 Å². The Balaban J connectivity index is 2.63. The summed E-state index contributed by atoms with van der Waals surface area (Å²) in [6, 6.07) is -0.390. The summed E-state index contributed by atoms with van der Waals surface area (Å²) in [5.74, 6) is -0.0998. The first-order valence-electron chi connectivity index (χ1n) is 6.02. The molecule has 0 saturated carbocycles. The van der Waals surface area contributed by atoms with Gasteiger partial charge in [-0.3, -0.25) is 14.4 Å². The molecule has 4 unspecified atom stereocenters. The first kappa shape index (κ1) is 17.2. The second kappa shape index (κ2) is 7.81. The summed E-state index contributed by atoms with van der Waals surface area (Å²) in [6.45, 7) is 0.771. The van der Waals surface area contributed by atoms with E-state index in [9.17, 15) is 9.59 Å². The Morgan fingerprint density at radius 3 is 2.74 bits per heavy atom. The van der Waals surface area contributed by atoms with Crippen molar-refractivity contribution >= 4 is 37.1 Å². The van der Waals surface area contributed by atoms with Crippen LogP contribution >= 0.6 is 25.3 Å². The number of amides is 2. The van der Waals surface area contributed by atoms with Crippen LogP contribution in [0.1, 0.15) is 12.8 Å². The Bertz CT molecular complexity index is 343. The van der Waals surface area contributed by atoms with Gasteiger partial charge in [0.25, 0.3) is 5.91 Å². The summed E-state index contributed by atoms with van der Waals surface area (Å²) in [6.07, 6.45) is 1.32. The van der Waals surface area contributed by atoms with Crippen molar-refractivity contribution in [1.29, 1.82) is 0 Å². The minimum atomic E-state index is -0.551. The minimum Gasteiger partial charge on any atom is -0.315 e. The summed E-state index contributed by atoms with van der Waals surface area (Å²) < 4.78 is 1.87. The molecule has 0 radical (unpaired) electrons. The highest BCUT2D eigenvalue weighted by Gasteiger charge is 2.36. The maximum absolute atomic E-state index is 12.2. The van der Waals surface area contributed by atoms with Gasteiger partial charge >= 0.3 is 0 Å². The highest BCUT2D eigenvalue weighted by Crippen LogP contribution is 2.58. The van der Waals surface area contributed by atoms with E-state index in [4.69, 9.17) is 4.84 Å². The summed E-state index contributed by atoms with van der Waals surface area (Å²) in [7, 11) is 9.51. The van der Waals surface area contributed by atoms with Gasteiger partial charge in [-0.15, -0.1) is 0 Å². The van der Waals surface area contributed by atoms with Crippen molar-refractivity contribution in [1.82, 2.24) is 15.1 Å². The van der Waals surface area contributed by atoms with E-state index in [0.29, 0.717) is 6.42 Å².